The number of phenolic OH excluding ortho intramolecular Hbond substituents is 1. The number of aliphatic hydroxyl groups excluding tert-OH is 2. The Hall–Kier alpha value is -1.85. The number of nitrogens with zero attached hydrogens (tertiary/aromatic N) is 1. The Labute approximate surface area is 93.0 Å². The lowest BCUT2D eigenvalue weighted by atomic mass is 10.3. The van der Waals surface area contributed by atoms with Crippen LogP contribution in [-0.4, -0.2) is 25.3 Å². The van der Waals surface area contributed by atoms with E-state index in [-0.39, 0.29) is 13.2 Å². The maximum atomic E-state index is 8.63. The molecule has 0 aliphatic rings. The van der Waals surface area contributed by atoms with Crippen LogP contribution in [0.3, 0.4) is 0 Å². The minimum Gasteiger partial charge on any atom is -0.508 e. The van der Waals surface area contributed by atoms with Crippen LogP contribution in [-0.2, 0) is 13.2 Å². The number of aromatic nitrogens is 2. The van der Waals surface area contributed by atoms with Gasteiger partial charge in [0.15, 0.2) is 0 Å². The van der Waals surface area contributed by atoms with Crippen LogP contribution in [0.15, 0.2) is 36.7 Å². The number of aromatic hydroxyl groups is 1. The van der Waals surface area contributed by atoms with Crippen molar-refractivity contribution in [3.05, 3.63) is 48.0 Å². The summed E-state index contributed by atoms with van der Waals surface area (Å²) in [4.78, 5) is 6.43. The molecule has 0 amide bonds. The van der Waals surface area contributed by atoms with Crippen LogP contribution in [0.25, 0.3) is 0 Å². The Kier molecular flexibility index (Phi) is 5.04. The van der Waals surface area contributed by atoms with Crippen LogP contribution in [0.2, 0.25) is 0 Å². The zero-order chi connectivity index (χ0) is 11.8. The SMILES string of the molecule is OCc1nc[nH]c1CO.Oc1ccccc1. The number of hydrogen-bond donors (Lipinski definition) is 4. The number of aliphatic hydroxyl groups is 2. The molecule has 0 fully saturated rings. The van der Waals surface area contributed by atoms with Crippen molar-refractivity contribution in [1.82, 2.24) is 9.97 Å². The molecule has 5 heteroatoms. The number of imidazole rings is 1. The normalized spacial score (nSPS) is 9.38. The van der Waals surface area contributed by atoms with Crippen molar-refractivity contribution in [3.63, 3.8) is 0 Å². The van der Waals surface area contributed by atoms with Crippen molar-refractivity contribution in [2.45, 2.75) is 13.2 Å². The molecule has 2 rings (SSSR count). The largest absolute Gasteiger partial charge is 0.508 e. The summed E-state index contributed by atoms with van der Waals surface area (Å²) >= 11 is 0. The van der Waals surface area contributed by atoms with Gasteiger partial charge in [0.25, 0.3) is 0 Å². The van der Waals surface area contributed by atoms with Crippen LogP contribution in [0, 0.1) is 0 Å². The predicted molar refractivity (Wildman–Crippen MR) is 58.5 cm³/mol. The third-order valence-electron chi connectivity index (χ3n) is 1.87. The van der Waals surface area contributed by atoms with Gasteiger partial charge in [-0.15, -0.1) is 0 Å². The van der Waals surface area contributed by atoms with E-state index in [1.807, 2.05) is 6.07 Å². The Morgan fingerprint density at radius 1 is 1.06 bits per heavy atom. The minimum atomic E-state index is -0.126. The summed E-state index contributed by atoms with van der Waals surface area (Å²) in [6.07, 6.45) is 1.44. The molecular weight excluding hydrogens is 208 g/mol. The third kappa shape index (κ3) is 3.72. The molecule has 0 bridgehead atoms. The van der Waals surface area contributed by atoms with Crippen LogP contribution in [0.1, 0.15) is 11.4 Å². The lowest BCUT2D eigenvalue weighted by Gasteiger charge is -1.90. The Balaban J connectivity index is 0.000000165. The van der Waals surface area contributed by atoms with E-state index in [1.54, 1.807) is 24.3 Å². The minimum absolute atomic E-state index is 0.101. The molecule has 0 atom stereocenters. The van der Waals surface area contributed by atoms with Crippen LogP contribution in [0.5, 0.6) is 5.75 Å². The van der Waals surface area contributed by atoms with Crippen molar-refractivity contribution in [2.75, 3.05) is 0 Å². The maximum Gasteiger partial charge on any atom is 0.115 e. The summed E-state index contributed by atoms with van der Waals surface area (Å²) in [5.74, 6) is 0.322. The third-order valence-corrected chi connectivity index (χ3v) is 1.87. The fourth-order valence-corrected chi connectivity index (χ4v) is 1.05. The fourth-order valence-electron chi connectivity index (χ4n) is 1.05. The molecule has 0 saturated carbocycles. The van der Waals surface area contributed by atoms with Crippen molar-refractivity contribution < 1.29 is 15.3 Å². The van der Waals surface area contributed by atoms with Crippen LogP contribution in [0.4, 0.5) is 0 Å². The highest BCUT2D eigenvalue weighted by atomic mass is 16.3. The molecule has 0 aliphatic heterocycles. The van der Waals surface area contributed by atoms with E-state index in [2.05, 4.69) is 9.97 Å². The molecular formula is C11H14N2O3. The molecule has 16 heavy (non-hydrogen) atoms. The van der Waals surface area contributed by atoms with Crippen molar-refractivity contribution in [3.8, 4) is 5.75 Å². The quantitative estimate of drug-likeness (QED) is 0.604. The van der Waals surface area contributed by atoms with E-state index in [9.17, 15) is 0 Å². The molecule has 5 nitrogen and oxygen atoms in total. The number of phenols is 1. The second-order valence-corrected chi connectivity index (χ2v) is 2.98. The van der Waals surface area contributed by atoms with Gasteiger partial charge in [0, 0.05) is 0 Å². The van der Waals surface area contributed by atoms with Gasteiger partial charge < -0.3 is 20.3 Å². The molecule has 0 spiro atoms. The zero-order valence-electron chi connectivity index (χ0n) is 8.67. The monoisotopic (exact) mass is 222 g/mol. The molecule has 1 aromatic carbocycles. The number of benzene rings is 1. The summed E-state index contributed by atoms with van der Waals surface area (Å²) < 4.78 is 0. The van der Waals surface area contributed by atoms with E-state index in [0.717, 1.165) is 0 Å². The van der Waals surface area contributed by atoms with Crippen molar-refractivity contribution >= 4 is 0 Å². The molecule has 4 N–H and O–H groups in total. The second kappa shape index (κ2) is 6.60. The van der Waals surface area contributed by atoms with E-state index in [0.29, 0.717) is 17.1 Å². The zero-order valence-corrected chi connectivity index (χ0v) is 8.67. The average Bonchev–Trinajstić information content (AvgIpc) is 2.78. The lowest BCUT2D eigenvalue weighted by Crippen LogP contribution is -1.91. The smallest absolute Gasteiger partial charge is 0.115 e. The molecule has 2 aromatic rings. The summed E-state index contributed by atoms with van der Waals surface area (Å²) in [7, 11) is 0. The highest BCUT2D eigenvalue weighted by Crippen LogP contribution is 2.02. The molecule has 1 aromatic heterocycles. The topological polar surface area (TPSA) is 89.4 Å². The molecule has 0 radical (unpaired) electrons. The first-order valence-corrected chi connectivity index (χ1v) is 4.74. The van der Waals surface area contributed by atoms with Crippen LogP contribution >= 0.6 is 0 Å². The highest BCUT2D eigenvalue weighted by molar-refractivity contribution is 5.18. The summed E-state index contributed by atoms with van der Waals surface area (Å²) in [5, 5.41) is 25.7. The van der Waals surface area contributed by atoms with Gasteiger partial charge >= 0.3 is 0 Å². The first kappa shape index (κ1) is 12.2. The molecule has 0 aliphatic carbocycles. The molecule has 0 saturated heterocycles. The Morgan fingerprint density at radius 3 is 2.12 bits per heavy atom. The number of para-hydroxylation sites is 1. The maximum absolute atomic E-state index is 8.63. The number of rotatable bonds is 2. The van der Waals surface area contributed by atoms with E-state index >= 15 is 0 Å². The predicted octanol–water partition coefficient (Wildman–Crippen LogP) is 0.787. The van der Waals surface area contributed by atoms with Crippen molar-refractivity contribution in [1.29, 1.82) is 0 Å². The average molecular weight is 222 g/mol. The number of aromatic amines is 1. The molecule has 86 valence electrons. The first-order valence-electron chi connectivity index (χ1n) is 4.74. The second-order valence-electron chi connectivity index (χ2n) is 2.98. The van der Waals surface area contributed by atoms with Gasteiger partial charge in [-0.2, -0.15) is 0 Å². The molecule has 0 unspecified atom stereocenters. The van der Waals surface area contributed by atoms with Gasteiger partial charge in [-0.1, -0.05) is 18.2 Å². The number of hydrogen-bond acceptors (Lipinski definition) is 4. The standard InChI is InChI=1S/C6H6O.C5H8N2O2/c7-6-4-2-1-3-5-6;8-1-4-5(2-9)7-3-6-4/h1-5,7H;3,8-9H,1-2H2,(H,6,7). The van der Waals surface area contributed by atoms with Gasteiger partial charge in [0.2, 0.25) is 0 Å². The Bertz CT molecular complexity index is 382. The van der Waals surface area contributed by atoms with E-state index in [4.69, 9.17) is 15.3 Å². The first-order chi connectivity index (χ1) is 7.77. The fraction of sp³-hybridized carbons (Fsp3) is 0.182. The number of nitrogens with one attached hydrogen (secondary N) is 1. The van der Waals surface area contributed by atoms with Gasteiger partial charge in [-0.25, -0.2) is 4.98 Å². The van der Waals surface area contributed by atoms with E-state index in [1.165, 1.54) is 6.33 Å². The van der Waals surface area contributed by atoms with Gasteiger partial charge in [-0.3, -0.25) is 0 Å². The van der Waals surface area contributed by atoms with Gasteiger partial charge in [0.05, 0.1) is 30.9 Å². The summed E-state index contributed by atoms with van der Waals surface area (Å²) in [5.41, 5.74) is 1.09. The van der Waals surface area contributed by atoms with Crippen LogP contribution < -0.4 is 0 Å². The van der Waals surface area contributed by atoms with E-state index < -0.39 is 0 Å². The van der Waals surface area contributed by atoms with Crippen molar-refractivity contribution in [2.24, 2.45) is 0 Å². The lowest BCUT2D eigenvalue weighted by molar-refractivity contribution is 0.255. The number of H-pyrrole nitrogens is 1. The summed E-state index contributed by atoms with van der Waals surface area (Å²) in [6, 6.07) is 8.71. The van der Waals surface area contributed by atoms with Gasteiger partial charge in [0.1, 0.15) is 5.75 Å². The summed E-state index contributed by atoms with van der Waals surface area (Å²) in [6.45, 7) is -0.227. The van der Waals surface area contributed by atoms with Gasteiger partial charge in [-0.05, 0) is 12.1 Å². The highest BCUT2D eigenvalue weighted by Gasteiger charge is 1.99. The Morgan fingerprint density at radius 2 is 1.75 bits per heavy atom. The molecule has 1 heterocycles.